The number of hydrogen-bond donors (Lipinski definition) is 1. The van der Waals surface area contributed by atoms with Crippen molar-refractivity contribution in [2.24, 2.45) is 17.6 Å². The molecule has 0 heterocycles. The van der Waals surface area contributed by atoms with Crippen molar-refractivity contribution in [1.82, 2.24) is 0 Å². The molecule has 1 nitrogen and oxygen atoms in total. The van der Waals surface area contributed by atoms with Crippen LogP contribution in [0.5, 0.6) is 0 Å². The molecule has 2 aliphatic rings. The molecule has 0 aromatic heterocycles. The number of alkyl halides is 3. The Hall–Kier alpha value is -1.03. The number of rotatable bonds is 4. The summed E-state index contributed by atoms with van der Waals surface area (Å²) in [5.41, 5.74) is 8.95. The summed E-state index contributed by atoms with van der Waals surface area (Å²) in [7, 11) is 0. The van der Waals surface area contributed by atoms with Gasteiger partial charge in [0.2, 0.25) is 0 Å². The highest BCUT2D eigenvalue weighted by Gasteiger charge is 2.55. The van der Waals surface area contributed by atoms with Crippen LogP contribution in [0.25, 0.3) is 0 Å². The molecule has 2 N–H and O–H groups in total. The highest BCUT2D eigenvalue weighted by molar-refractivity contribution is 5.39. The zero-order valence-electron chi connectivity index (χ0n) is 11.4. The van der Waals surface area contributed by atoms with Crippen LogP contribution < -0.4 is 5.73 Å². The molecule has 1 aromatic carbocycles. The average Bonchev–Trinajstić information content (AvgIpc) is 3.12. The van der Waals surface area contributed by atoms with E-state index in [1.807, 2.05) is 6.07 Å². The minimum absolute atomic E-state index is 0.0847. The van der Waals surface area contributed by atoms with Crippen LogP contribution in [0.4, 0.5) is 13.2 Å². The van der Waals surface area contributed by atoms with Gasteiger partial charge in [-0.15, -0.1) is 0 Å². The van der Waals surface area contributed by atoms with Crippen LogP contribution in [-0.2, 0) is 6.42 Å². The highest BCUT2D eigenvalue weighted by atomic mass is 19.4. The van der Waals surface area contributed by atoms with Gasteiger partial charge < -0.3 is 5.73 Å². The third-order valence-electron chi connectivity index (χ3n) is 4.88. The number of benzene rings is 1. The number of halogens is 3. The first-order valence-corrected chi connectivity index (χ1v) is 7.37. The molecule has 4 unspecified atom stereocenters. The van der Waals surface area contributed by atoms with Crippen LogP contribution in [-0.4, -0.2) is 12.2 Å². The fraction of sp³-hybridized carbons (Fsp3) is 0.625. The topological polar surface area (TPSA) is 26.0 Å². The van der Waals surface area contributed by atoms with E-state index in [4.69, 9.17) is 5.73 Å². The van der Waals surface area contributed by atoms with Crippen molar-refractivity contribution in [3.63, 3.8) is 0 Å². The van der Waals surface area contributed by atoms with E-state index in [0.29, 0.717) is 24.2 Å². The lowest BCUT2D eigenvalue weighted by Gasteiger charge is -2.14. The van der Waals surface area contributed by atoms with E-state index in [9.17, 15) is 13.2 Å². The Morgan fingerprint density at radius 3 is 2.75 bits per heavy atom. The van der Waals surface area contributed by atoms with Gasteiger partial charge >= 0.3 is 6.18 Å². The van der Waals surface area contributed by atoms with Crippen molar-refractivity contribution >= 4 is 0 Å². The fourth-order valence-corrected chi connectivity index (χ4v) is 3.93. The highest BCUT2D eigenvalue weighted by Crippen LogP contribution is 2.61. The van der Waals surface area contributed by atoms with Crippen molar-refractivity contribution in [3.05, 3.63) is 35.4 Å². The van der Waals surface area contributed by atoms with Crippen molar-refractivity contribution in [1.29, 1.82) is 0 Å². The molecule has 0 saturated heterocycles. The number of fused-ring (bicyclic) bond motifs is 3. The van der Waals surface area contributed by atoms with Gasteiger partial charge in [0, 0.05) is 12.5 Å². The molecule has 2 aliphatic carbocycles. The van der Waals surface area contributed by atoms with Crippen LogP contribution in [0.2, 0.25) is 0 Å². The third kappa shape index (κ3) is 2.71. The number of hydrogen-bond acceptors (Lipinski definition) is 1. The maximum Gasteiger partial charge on any atom is 0.389 e. The summed E-state index contributed by atoms with van der Waals surface area (Å²) in [6.07, 6.45) is -1.90. The zero-order valence-corrected chi connectivity index (χ0v) is 11.4. The van der Waals surface area contributed by atoms with Gasteiger partial charge in [0.1, 0.15) is 0 Å². The first kappa shape index (κ1) is 13.9. The average molecular weight is 283 g/mol. The normalized spacial score (nSPS) is 29.5. The molecule has 0 radical (unpaired) electrons. The van der Waals surface area contributed by atoms with Crippen LogP contribution in [0.15, 0.2) is 24.3 Å². The van der Waals surface area contributed by atoms with Gasteiger partial charge in [-0.2, -0.15) is 13.2 Å². The molecule has 0 bridgehead atoms. The standard InChI is InChI=1S/C16H20F3N/c17-16(18,19)9-3-6-13(20)15-12-8-7-10-4-1-2-5-11(10)14(12)15/h1-2,4-5,12-15H,3,6-9,20H2. The van der Waals surface area contributed by atoms with Gasteiger partial charge in [-0.05, 0) is 54.6 Å². The fourth-order valence-electron chi connectivity index (χ4n) is 3.93. The minimum Gasteiger partial charge on any atom is -0.327 e. The van der Waals surface area contributed by atoms with E-state index >= 15 is 0 Å². The van der Waals surface area contributed by atoms with E-state index in [2.05, 4.69) is 18.2 Å². The molecule has 4 atom stereocenters. The maximum atomic E-state index is 12.2. The monoisotopic (exact) mass is 283 g/mol. The van der Waals surface area contributed by atoms with Crippen LogP contribution in [0.3, 0.4) is 0 Å². The van der Waals surface area contributed by atoms with Crippen LogP contribution in [0, 0.1) is 11.8 Å². The molecule has 110 valence electrons. The molecule has 1 aromatic rings. The lowest BCUT2D eigenvalue weighted by atomic mass is 9.92. The van der Waals surface area contributed by atoms with Gasteiger partial charge in [-0.1, -0.05) is 24.3 Å². The summed E-state index contributed by atoms with van der Waals surface area (Å²) in [6, 6.07) is 8.34. The largest absolute Gasteiger partial charge is 0.389 e. The molecule has 0 spiro atoms. The molecule has 3 rings (SSSR count). The lowest BCUT2D eigenvalue weighted by molar-refractivity contribution is -0.135. The second-order valence-corrected chi connectivity index (χ2v) is 6.18. The number of aryl methyl sites for hydroxylation is 1. The molecule has 1 fully saturated rings. The Morgan fingerprint density at radius 1 is 1.25 bits per heavy atom. The van der Waals surface area contributed by atoms with Gasteiger partial charge in [0.15, 0.2) is 0 Å². The Kier molecular flexibility index (Phi) is 3.53. The van der Waals surface area contributed by atoms with Crippen molar-refractivity contribution in [2.45, 2.75) is 50.2 Å². The van der Waals surface area contributed by atoms with E-state index in [1.165, 1.54) is 11.1 Å². The summed E-state index contributed by atoms with van der Waals surface area (Å²) >= 11 is 0. The van der Waals surface area contributed by atoms with Gasteiger partial charge in [0.25, 0.3) is 0 Å². The molecule has 0 amide bonds. The van der Waals surface area contributed by atoms with Crippen LogP contribution in [0.1, 0.15) is 42.7 Å². The summed E-state index contributed by atoms with van der Waals surface area (Å²) in [4.78, 5) is 0. The summed E-state index contributed by atoms with van der Waals surface area (Å²) in [5.74, 6) is 1.50. The molecule has 1 saturated carbocycles. The third-order valence-corrected chi connectivity index (χ3v) is 4.88. The lowest BCUT2D eigenvalue weighted by Crippen LogP contribution is -2.24. The van der Waals surface area contributed by atoms with Crippen molar-refractivity contribution in [3.8, 4) is 0 Å². The SMILES string of the molecule is NC(CCCC(F)(F)F)C1C2CCc3ccccc3C21. The molecular weight excluding hydrogens is 263 g/mol. The summed E-state index contributed by atoms with van der Waals surface area (Å²) in [5, 5.41) is 0. The Balaban J connectivity index is 1.58. The van der Waals surface area contributed by atoms with E-state index in [0.717, 1.165) is 12.8 Å². The predicted octanol–water partition coefficient (Wildman–Crippen LogP) is 4.02. The predicted molar refractivity (Wildman–Crippen MR) is 72.4 cm³/mol. The Labute approximate surface area is 117 Å². The maximum absolute atomic E-state index is 12.2. The first-order chi connectivity index (χ1) is 9.47. The number of nitrogens with two attached hydrogens (primary N) is 1. The smallest absolute Gasteiger partial charge is 0.327 e. The second-order valence-electron chi connectivity index (χ2n) is 6.18. The van der Waals surface area contributed by atoms with Gasteiger partial charge in [-0.3, -0.25) is 0 Å². The molecule has 4 heteroatoms. The quantitative estimate of drug-likeness (QED) is 0.887. The minimum atomic E-state index is -4.05. The summed E-state index contributed by atoms with van der Waals surface area (Å²) < 4.78 is 36.5. The van der Waals surface area contributed by atoms with Gasteiger partial charge in [-0.25, -0.2) is 0 Å². The van der Waals surface area contributed by atoms with Crippen molar-refractivity contribution < 1.29 is 13.2 Å². The zero-order chi connectivity index (χ0) is 14.3. The molecule has 20 heavy (non-hydrogen) atoms. The second kappa shape index (κ2) is 5.06. The Bertz CT molecular complexity index is 483. The van der Waals surface area contributed by atoms with E-state index in [1.54, 1.807) is 0 Å². The van der Waals surface area contributed by atoms with Crippen LogP contribution >= 0.6 is 0 Å². The van der Waals surface area contributed by atoms with Gasteiger partial charge in [0.05, 0.1) is 0 Å². The molecule has 0 aliphatic heterocycles. The van der Waals surface area contributed by atoms with E-state index in [-0.39, 0.29) is 12.5 Å². The Morgan fingerprint density at radius 2 is 2.00 bits per heavy atom. The first-order valence-electron chi connectivity index (χ1n) is 7.37. The summed E-state index contributed by atoms with van der Waals surface area (Å²) in [6.45, 7) is 0. The van der Waals surface area contributed by atoms with Crippen molar-refractivity contribution in [2.75, 3.05) is 0 Å². The molecular formula is C16H20F3N. The van der Waals surface area contributed by atoms with E-state index < -0.39 is 12.6 Å².